The first-order valence-electron chi connectivity index (χ1n) is 6.92. The van der Waals surface area contributed by atoms with Gasteiger partial charge in [0.15, 0.2) is 0 Å². The molecule has 0 radical (unpaired) electrons. The lowest BCUT2D eigenvalue weighted by Gasteiger charge is -2.21. The number of nitrogens with zero attached hydrogens (tertiary/aromatic N) is 1. The second kappa shape index (κ2) is 7.34. The van der Waals surface area contributed by atoms with Crippen molar-refractivity contribution in [1.82, 2.24) is 4.90 Å². The predicted molar refractivity (Wildman–Crippen MR) is 86.0 cm³/mol. The Labute approximate surface area is 129 Å². The monoisotopic (exact) mass is 312 g/mol. The van der Waals surface area contributed by atoms with Gasteiger partial charge >= 0.3 is 0 Å². The van der Waals surface area contributed by atoms with Gasteiger partial charge in [-0.05, 0) is 43.5 Å². The SMILES string of the molecule is CC1CC(CN)CN1C(=O)CSCc1ccc(Cl)cc1. The molecule has 2 atom stereocenters. The minimum absolute atomic E-state index is 0.229. The summed E-state index contributed by atoms with van der Waals surface area (Å²) < 4.78 is 0. The van der Waals surface area contributed by atoms with Crippen molar-refractivity contribution >= 4 is 29.3 Å². The average molecular weight is 313 g/mol. The molecule has 1 aliphatic rings. The van der Waals surface area contributed by atoms with E-state index in [-0.39, 0.29) is 5.91 Å². The van der Waals surface area contributed by atoms with Crippen LogP contribution in [0.2, 0.25) is 5.02 Å². The molecule has 1 amide bonds. The van der Waals surface area contributed by atoms with E-state index in [0.29, 0.717) is 24.3 Å². The molecule has 20 heavy (non-hydrogen) atoms. The molecule has 1 fully saturated rings. The highest BCUT2D eigenvalue weighted by Gasteiger charge is 2.31. The van der Waals surface area contributed by atoms with E-state index in [1.54, 1.807) is 11.8 Å². The van der Waals surface area contributed by atoms with Crippen LogP contribution in [0.15, 0.2) is 24.3 Å². The van der Waals surface area contributed by atoms with Crippen molar-refractivity contribution in [3.63, 3.8) is 0 Å². The largest absolute Gasteiger partial charge is 0.339 e. The molecule has 1 heterocycles. The highest BCUT2D eigenvalue weighted by Crippen LogP contribution is 2.23. The van der Waals surface area contributed by atoms with Crippen molar-refractivity contribution in [3.05, 3.63) is 34.9 Å². The van der Waals surface area contributed by atoms with E-state index in [9.17, 15) is 4.79 Å². The number of amides is 1. The number of thioether (sulfide) groups is 1. The second-order valence-corrected chi connectivity index (χ2v) is 6.77. The number of carbonyl (C=O) groups excluding carboxylic acids is 1. The minimum Gasteiger partial charge on any atom is -0.339 e. The Morgan fingerprint density at radius 3 is 2.75 bits per heavy atom. The van der Waals surface area contributed by atoms with Crippen molar-refractivity contribution in [3.8, 4) is 0 Å². The lowest BCUT2D eigenvalue weighted by molar-refractivity contribution is -0.128. The van der Waals surface area contributed by atoms with Crippen LogP contribution in [0.25, 0.3) is 0 Å². The van der Waals surface area contributed by atoms with Crippen molar-refractivity contribution in [2.45, 2.75) is 25.1 Å². The van der Waals surface area contributed by atoms with E-state index < -0.39 is 0 Å². The Morgan fingerprint density at radius 1 is 1.45 bits per heavy atom. The van der Waals surface area contributed by atoms with Gasteiger partial charge in [0.1, 0.15) is 0 Å². The number of benzene rings is 1. The molecule has 0 aliphatic carbocycles. The van der Waals surface area contributed by atoms with Crippen LogP contribution in [0.1, 0.15) is 18.9 Å². The van der Waals surface area contributed by atoms with E-state index in [2.05, 4.69) is 6.92 Å². The van der Waals surface area contributed by atoms with Crippen LogP contribution >= 0.6 is 23.4 Å². The first kappa shape index (κ1) is 15.7. The molecule has 110 valence electrons. The third-order valence-corrected chi connectivity index (χ3v) is 4.96. The summed E-state index contributed by atoms with van der Waals surface area (Å²) >= 11 is 7.50. The summed E-state index contributed by atoms with van der Waals surface area (Å²) in [5, 5.41) is 0.744. The van der Waals surface area contributed by atoms with Gasteiger partial charge in [-0.25, -0.2) is 0 Å². The van der Waals surface area contributed by atoms with Gasteiger partial charge in [0.25, 0.3) is 0 Å². The predicted octanol–water partition coefficient (Wildman–Crippen LogP) is 2.77. The van der Waals surface area contributed by atoms with E-state index >= 15 is 0 Å². The number of halogens is 1. The highest BCUT2D eigenvalue weighted by atomic mass is 35.5. The summed E-state index contributed by atoms with van der Waals surface area (Å²) in [4.78, 5) is 14.2. The van der Waals surface area contributed by atoms with Crippen LogP contribution in [0.5, 0.6) is 0 Å². The molecule has 0 spiro atoms. The summed E-state index contributed by atoms with van der Waals surface area (Å²) in [6.07, 6.45) is 1.03. The maximum atomic E-state index is 12.2. The van der Waals surface area contributed by atoms with Gasteiger partial charge in [-0.2, -0.15) is 0 Å². The Morgan fingerprint density at radius 2 is 2.15 bits per heavy atom. The summed E-state index contributed by atoms with van der Waals surface area (Å²) in [5.74, 6) is 2.07. The first-order valence-corrected chi connectivity index (χ1v) is 8.45. The van der Waals surface area contributed by atoms with Gasteiger partial charge < -0.3 is 10.6 Å². The van der Waals surface area contributed by atoms with E-state index in [4.69, 9.17) is 17.3 Å². The molecule has 0 bridgehead atoms. The molecular weight excluding hydrogens is 292 g/mol. The van der Waals surface area contributed by atoms with Crippen LogP contribution in [0, 0.1) is 5.92 Å². The summed E-state index contributed by atoms with van der Waals surface area (Å²) in [6.45, 7) is 3.60. The van der Waals surface area contributed by atoms with Gasteiger partial charge in [-0.1, -0.05) is 23.7 Å². The number of nitrogens with two attached hydrogens (primary N) is 1. The summed E-state index contributed by atoms with van der Waals surface area (Å²) in [7, 11) is 0. The molecule has 5 heteroatoms. The fourth-order valence-corrected chi connectivity index (χ4v) is 3.58. The van der Waals surface area contributed by atoms with Crippen molar-refractivity contribution in [2.24, 2.45) is 11.7 Å². The third kappa shape index (κ3) is 4.14. The van der Waals surface area contributed by atoms with Crippen LogP contribution in [0.3, 0.4) is 0 Å². The minimum atomic E-state index is 0.229. The third-order valence-electron chi connectivity index (χ3n) is 3.72. The van der Waals surface area contributed by atoms with Crippen LogP contribution in [-0.4, -0.2) is 35.7 Å². The van der Waals surface area contributed by atoms with Gasteiger partial charge in [0.05, 0.1) is 5.75 Å². The number of hydrogen-bond acceptors (Lipinski definition) is 3. The molecule has 2 N–H and O–H groups in total. The van der Waals surface area contributed by atoms with Gasteiger partial charge in [0.2, 0.25) is 5.91 Å². The lowest BCUT2D eigenvalue weighted by Crippen LogP contribution is -2.35. The van der Waals surface area contributed by atoms with Crippen LogP contribution in [0.4, 0.5) is 0 Å². The second-order valence-electron chi connectivity index (χ2n) is 5.35. The first-order chi connectivity index (χ1) is 9.60. The van der Waals surface area contributed by atoms with Gasteiger partial charge in [0, 0.05) is 23.4 Å². The molecule has 0 aromatic heterocycles. The fraction of sp³-hybridized carbons (Fsp3) is 0.533. The molecule has 1 saturated heterocycles. The Kier molecular flexibility index (Phi) is 5.75. The van der Waals surface area contributed by atoms with Crippen molar-refractivity contribution < 1.29 is 4.79 Å². The van der Waals surface area contributed by atoms with Crippen LogP contribution in [-0.2, 0) is 10.5 Å². The molecule has 1 aliphatic heterocycles. The highest BCUT2D eigenvalue weighted by molar-refractivity contribution is 7.99. The Hall–Kier alpha value is -0.710. The maximum Gasteiger partial charge on any atom is 0.232 e. The van der Waals surface area contributed by atoms with E-state index in [1.165, 1.54) is 5.56 Å². The molecule has 1 aromatic rings. The average Bonchev–Trinajstić information content (AvgIpc) is 2.82. The zero-order valence-corrected chi connectivity index (χ0v) is 13.3. The number of likely N-dealkylation sites (tertiary alicyclic amines) is 1. The standard InChI is InChI=1S/C15H21ClN2OS/c1-11-6-13(7-17)8-18(11)15(19)10-20-9-12-2-4-14(16)5-3-12/h2-5,11,13H,6-10,17H2,1H3. The fourth-order valence-electron chi connectivity index (χ4n) is 2.58. The molecule has 1 aromatic carbocycles. The van der Waals surface area contributed by atoms with Gasteiger partial charge in [-0.15, -0.1) is 11.8 Å². The zero-order chi connectivity index (χ0) is 14.5. The molecule has 0 saturated carbocycles. The smallest absolute Gasteiger partial charge is 0.232 e. The lowest BCUT2D eigenvalue weighted by atomic mass is 10.1. The van der Waals surface area contributed by atoms with Crippen molar-refractivity contribution in [2.75, 3.05) is 18.8 Å². The summed E-state index contributed by atoms with van der Waals surface area (Å²) in [5.41, 5.74) is 6.89. The topological polar surface area (TPSA) is 46.3 Å². The Balaban J connectivity index is 1.76. The number of rotatable bonds is 5. The van der Waals surface area contributed by atoms with E-state index in [0.717, 1.165) is 23.7 Å². The van der Waals surface area contributed by atoms with Crippen LogP contribution < -0.4 is 5.73 Å². The molecular formula is C15H21ClN2OS. The van der Waals surface area contributed by atoms with Crippen molar-refractivity contribution in [1.29, 1.82) is 0 Å². The Bertz CT molecular complexity index is 452. The molecule has 2 unspecified atom stereocenters. The quantitative estimate of drug-likeness (QED) is 0.909. The van der Waals surface area contributed by atoms with E-state index in [1.807, 2.05) is 29.2 Å². The van der Waals surface area contributed by atoms with Gasteiger partial charge in [-0.3, -0.25) is 4.79 Å². The number of hydrogen-bond donors (Lipinski definition) is 1. The molecule has 2 rings (SSSR count). The normalized spacial score (nSPS) is 22.2. The zero-order valence-electron chi connectivity index (χ0n) is 11.7. The number of carbonyl (C=O) groups is 1. The maximum absolute atomic E-state index is 12.2. The molecule has 3 nitrogen and oxygen atoms in total. The summed E-state index contributed by atoms with van der Waals surface area (Å²) in [6, 6.07) is 8.10.